The van der Waals surface area contributed by atoms with Crippen LogP contribution < -0.4 is 0 Å². The Kier molecular flexibility index (Phi) is 9.77. The first-order valence-electron chi connectivity index (χ1n) is 26.3. The molecular weight excluding hydrogens is 953 g/mol. The lowest BCUT2D eigenvalue weighted by Crippen LogP contribution is -2.06. The van der Waals surface area contributed by atoms with Crippen molar-refractivity contribution in [2.24, 2.45) is 0 Å². The van der Waals surface area contributed by atoms with E-state index in [0.29, 0.717) is 17.6 Å². The van der Waals surface area contributed by atoms with Crippen LogP contribution >= 0.6 is 0 Å². The molecule has 8 nitrogen and oxygen atoms in total. The molecule has 0 aliphatic rings. The molecule has 0 aliphatic carbocycles. The second-order valence-corrected chi connectivity index (χ2v) is 19.9. The predicted molar refractivity (Wildman–Crippen MR) is 319 cm³/mol. The summed E-state index contributed by atoms with van der Waals surface area (Å²) < 4.78 is 9.13. The molecule has 0 radical (unpaired) electrons. The molecule has 8 heteroatoms. The Labute approximate surface area is 447 Å². The van der Waals surface area contributed by atoms with Gasteiger partial charge in [-0.05, 0) is 126 Å². The Hall–Kier alpha value is -10.7. The van der Waals surface area contributed by atoms with E-state index in [0.717, 1.165) is 127 Å². The van der Waals surface area contributed by atoms with Gasteiger partial charge >= 0.3 is 0 Å². The van der Waals surface area contributed by atoms with Crippen LogP contribution in [0.25, 0.3) is 145 Å². The van der Waals surface area contributed by atoms with Crippen molar-refractivity contribution in [2.75, 3.05) is 0 Å². The summed E-state index contributed by atoms with van der Waals surface area (Å²) in [6.07, 6.45) is 0. The molecule has 0 N–H and O–H groups in total. The highest BCUT2D eigenvalue weighted by atomic mass is 15.2. The van der Waals surface area contributed by atoms with Crippen molar-refractivity contribution in [3.63, 3.8) is 0 Å². The normalized spacial score (nSPS) is 11.8. The minimum Gasteiger partial charge on any atom is -0.309 e. The Bertz CT molecular complexity index is 4830. The number of hydrogen-bond acceptors (Lipinski definition) is 4. The Morgan fingerprint density at radius 3 is 1.09 bits per heavy atom. The van der Waals surface area contributed by atoms with Gasteiger partial charge in [0.05, 0.1) is 44.1 Å². The number of fused-ring (bicyclic) bond motifs is 10. The summed E-state index contributed by atoms with van der Waals surface area (Å²) in [4.78, 5) is 21.5. The second-order valence-electron chi connectivity index (χ2n) is 19.9. The number of benzene rings is 11. The van der Waals surface area contributed by atoms with Crippen LogP contribution in [0.3, 0.4) is 0 Å². The molecule has 0 spiro atoms. The summed E-state index contributed by atoms with van der Waals surface area (Å²) in [5, 5.41) is 6.78. The van der Waals surface area contributed by atoms with E-state index in [1.54, 1.807) is 0 Å². The fourth-order valence-corrected chi connectivity index (χ4v) is 11.9. The van der Waals surface area contributed by atoms with Crippen LogP contribution in [0.2, 0.25) is 0 Å². The average Bonchev–Trinajstić information content (AvgIpc) is 4.42. The molecule has 0 aliphatic heterocycles. The van der Waals surface area contributed by atoms with Gasteiger partial charge in [0.2, 0.25) is 5.95 Å². The first-order valence-corrected chi connectivity index (χ1v) is 26.3. The van der Waals surface area contributed by atoms with Gasteiger partial charge in [0.25, 0.3) is 0 Å². The van der Waals surface area contributed by atoms with Crippen LogP contribution in [-0.2, 0) is 0 Å². The van der Waals surface area contributed by atoms with Gasteiger partial charge < -0.3 is 9.13 Å². The van der Waals surface area contributed by atoms with Crippen LogP contribution in [0.5, 0.6) is 0 Å². The molecule has 0 fully saturated rings. The summed E-state index contributed by atoms with van der Waals surface area (Å²) in [5.74, 6) is 2.62. The highest BCUT2D eigenvalue weighted by molar-refractivity contribution is 6.13. The number of aromatic nitrogens is 8. The molecule has 11 aromatic carbocycles. The standard InChI is InChI=1S/C70H44N8/c1-4-18-50(19-5-1)75-60-28-14-10-24-53(60)57-43-48(37-40-63(57)75)67-72-68(49-38-41-64-58(44-49)54-25-11-15-29-61(54)76(64)51-20-6-2-7-21-51)74-70(73-67)78-62-30-16-12-26-55(62)56-42-47(36-39-65(56)78)45-32-34-46(35-33-45)69-71-59-27-13-17-31-66(59)77(69)52-22-8-3-9-23-52/h1-44H. The summed E-state index contributed by atoms with van der Waals surface area (Å²) in [6, 6.07) is 94.4. The van der Waals surface area contributed by atoms with Crippen LogP contribution in [0.15, 0.2) is 267 Å². The Balaban J connectivity index is 0.871. The first-order chi connectivity index (χ1) is 38.7. The molecule has 0 unspecified atom stereocenters. The molecule has 0 saturated heterocycles. The third-order valence-electron chi connectivity index (χ3n) is 15.4. The molecule has 364 valence electrons. The van der Waals surface area contributed by atoms with E-state index in [9.17, 15) is 0 Å². The number of hydrogen-bond donors (Lipinski definition) is 0. The van der Waals surface area contributed by atoms with Crippen molar-refractivity contribution in [1.29, 1.82) is 0 Å². The molecule has 16 aromatic rings. The van der Waals surface area contributed by atoms with Gasteiger partial charge in [0.15, 0.2) is 11.6 Å². The average molecular weight is 997 g/mol. The quantitative estimate of drug-likeness (QED) is 0.152. The smallest absolute Gasteiger partial charge is 0.238 e. The molecule has 0 bridgehead atoms. The lowest BCUT2D eigenvalue weighted by Gasteiger charge is -2.12. The van der Waals surface area contributed by atoms with E-state index in [2.05, 4.69) is 273 Å². The maximum atomic E-state index is 5.47. The summed E-state index contributed by atoms with van der Waals surface area (Å²) >= 11 is 0. The van der Waals surface area contributed by atoms with Gasteiger partial charge in [-0.2, -0.15) is 9.97 Å². The van der Waals surface area contributed by atoms with Gasteiger partial charge in [-0.15, -0.1) is 0 Å². The van der Waals surface area contributed by atoms with Crippen molar-refractivity contribution >= 4 is 76.5 Å². The molecule has 5 aromatic heterocycles. The largest absolute Gasteiger partial charge is 0.309 e. The summed E-state index contributed by atoms with van der Waals surface area (Å²) in [7, 11) is 0. The third kappa shape index (κ3) is 6.87. The van der Waals surface area contributed by atoms with E-state index >= 15 is 0 Å². The van der Waals surface area contributed by atoms with Gasteiger partial charge in [-0.1, -0.05) is 152 Å². The summed E-state index contributed by atoms with van der Waals surface area (Å²) in [6.45, 7) is 0. The third-order valence-corrected chi connectivity index (χ3v) is 15.4. The molecule has 0 atom stereocenters. The van der Waals surface area contributed by atoms with Crippen molar-refractivity contribution in [1.82, 2.24) is 38.2 Å². The van der Waals surface area contributed by atoms with Crippen LogP contribution in [0.4, 0.5) is 0 Å². The van der Waals surface area contributed by atoms with Gasteiger partial charge in [-0.25, -0.2) is 9.97 Å². The Morgan fingerprint density at radius 2 is 0.577 bits per heavy atom. The van der Waals surface area contributed by atoms with Gasteiger partial charge in [0.1, 0.15) is 5.82 Å². The second kappa shape index (κ2) is 17.4. The maximum absolute atomic E-state index is 5.47. The highest BCUT2D eigenvalue weighted by Crippen LogP contribution is 2.40. The van der Waals surface area contributed by atoms with E-state index in [4.69, 9.17) is 19.9 Å². The Morgan fingerprint density at radius 1 is 0.218 bits per heavy atom. The molecule has 0 saturated carbocycles. The first kappa shape index (κ1) is 43.7. The number of imidazole rings is 1. The van der Waals surface area contributed by atoms with Gasteiger partial charge in [0, 0.05) is 66.1 Å². The zero-order chi connectivity index (χ0) is 51.3. The fraction of sp³-hybridized carbons (Fsp3) is 0. The van der Waals surface area contributed by atoms with Crippen molar-refractivity contribution < 1.29 is 0 Å². The topological polar surface area (TPSA) is 71.3 Å². The SMILES string of the molecule is c1ccc(-n2c(-c3ccc(-c4ccc5c(c4)c4ccccc4n5-c4nc(-c5ccc6c(c5)c5ccccc5n6-c5ccccc5)nc(-c5ccc6c(c5)c5ccccc5n6-c5ccccc5)n4)cc3)nc3ccccc32)cc1. The number of rotatable bonds is 8. The van der Waals surface area contributed by atoms with Crippen molar-refractivity contribution in [2.45, 2.75) is 0 Å². The van der Waals surface area contributed by atoms with Gasteiger partial charge in [-0.3, -0.25) is 9.13 Å². The lowest BCUT2D eigenvalue weighted by molar-refractivity contribution is 0.954. The molecule has 78 heavy (non-hydrogen) atoms. The van der Waals surface area contributed by atoms with E-state index < -0.39 is 0 Å². The predicted octanol–water partition coefficient (Wildman–Crippen LogP) is 17.2. The van der Waals surface area contributed by atoms with E-state index in [-0.39, 0.29) is 0 Å². The maximum Gasteiger partial charge on any atom is 0.238 e. The number of nitrogens with zero attached hydrogens (tertiary/aromatic N) is 8. The lowest BCUT2D eigenvalue weighted by atomic mass is 10.0. The zero-order valence-electron chi connectivity index (χ0n) is 42.0. The minimum atomic E-state index is 0.540. The molecule has 5 heterocycles. The van der Waals surface area contributed by atoms with Crippen molar-refractivity contribution in [3.8, 4) is 68.3 Å². The fourth-order valence-electron chi connectivity index (χ4n) is 11.9. The highest BCUT2D eigenvalue weighted by Gasteiger charge is 2.22. The van der Waals surface area contributed by atoms with E-state index in [1.165, 1.54) is 0 Å². The van der Waals surface area contributed by atoms with E-state index in [1.807, 2.05) is 12.1 Å². The monoisotopic (exact) mass is 996 g/mol. The molecule has 0 amide bonds. The zero-order valence-corrected chi connectivity index (χ0v) is 42.0. The molecular formula is C70H44N8. The molecule has 16 rings (SSSR count). The van der Waals surface area contributed by atoms with Crippen LogP contribution in [0, 0.1) is 0 Å². The van der Waals surface area contributed by atoms with Crippen molar-refractivity contribution in [3.05, 3.63) is 267 Å². The summed E-state index contributed by atoms with van der Waals surface area (Å²) in [5.41, 5.74) is 16.9. The van der Waals surface area contributed by atoms with Crippen LogP contribution in [0.1, 0.15) is 0 Å². The minimum absolute atomic E-state index is 0.540. The van der Waals surface area contributed by atoms with Crippen LogP contribution in [-0.4, -0.2) is 38.2 Å². The number of para-hydroxylation sites is 8.